The van der Waals surface area contributed by atoms with E-state index < -0.39 is 11.9 Å². The van der Waals surface area contributed by atoms with E-state index in [1.807, 2.05) is 19.9 Å². The molecule has 0 spiro atoms. The normalized spacial score (nSPS) is 12.4. The molecule has 3 nitrogen and oxygen atoms in total. The molecular formula is C14H17BrO3. The monoisotopic (exact) mass is 312 g/mol. The number of Topliss-reactive ketones (excluding diaryl/α,β-unsaturated/α-hetero) is 1. The molecule has 0 fully saturated rings. The van der Waals surface area contributed by atoms with Crippen molar-refractivity contribution >= 4 is 27.7 Å². The third-order valence-corrected chi connectivity index (χ3v) is 3.18. The van der Waals surface area contributed by atoms with E-state index in [1.165, 1.54) is 0 Å². The van der Waals surface area contributed by atoms with Crippen molar-refractivity contribution in [3.63, 3.8) is 0 Å². The zero-order valence-electron chi connectivity index (χ0n) is 10.5. The molecule has 18 heavy (non-hydrogen) atoms. The first kappa shape index (κ1) is 14.9. The number of hydrogen-bond donors (Lipinski definition) is 1. The van der Waals surface area contributed by atoms with E-state index >= 15 is 0 Å². The minimum atomic E-state index is -0.896. The van der Waals surface area contributed by atoms with Crippen molar-refractivity contribution in [2.45, 2.75) is 26.7 Å². The number of halogens is 1. The van der Waals surface area contributed by atoms with Gasteiger partial charge in [-0.3, -0.25) is 9.59 Å². The summed E-state index contributed by atoms with van der Waals surface area (Å²) in [5.74, 6) is -1.35. The number of carboxylic acid groups (broad SMARTS) is 1. The third kappa shape index (κ3) is 4.61. The van der Waals surface area contributed by atoms with E-state index in [1.54, 1.807) is 18.2 Å². The minimum Gasteiger partial charge on any atom is -0.481 e. The van der Waals surface area contributed by atoms with Crippen molar-refractivity contribution < 1.29 is 14.7 Å². The quantitative estimate of drug-likeness (QED) is 0.813. The SMILES string of the molecule is CC(C)CC(CC(=O)c1cccc(Br)c1)C(=O)O. The summed E-state index contributed by atoms with van der Waals surface area (Å²) in [6.07, 6.45) is 0.582. The van der Waals surface area contributed by atoms with Crippen LogP contribution in [0.4, 0.5) is 0 Å². The second kappa shape index (κ2) is 6.69. The molecule has 0 aliphatic carbocycles. The van der Waals surface area contributed by atoms with Gasteiger partial charge in [-0.25, -0.2) is 0 Å². The molecule has 1 unspecified atom stereocenters. The van der Waals surface area contributed by atoms with Crippen molar-refractivity contribution in [3.8, 4) is 0 Å². The van der Waals surface area contributed by atoms with Gasteiger partial charge in [0, 0.05) is 16.5 Å². The molecule has 0 heterocycles. The Labute approximate surface area is 115 Å². The highest BCUT2D eigenvalue weighted by Crippen LogP contribution is 2.20. The van der Waals surface area contributed by atoms with Gasteiger partial charge < -0.3 is 5.11 Å². The average molecular weight is 313 g/mol. The number of carboxylic acids is 1. The molecule has 0 bridgehead atoms. The smallest absolute Gasteiger partial charge is 0.306 e. The standard InChI is InChI=1S/C14H17BrO3/c1-9(2)6-11(14(17)18)8-13(16)10-4-3-5-12(15)7-10/h3-5,7,9,11H,6,8H2,1-2H3,(H,17,18). The Hall–Kier alpha value is -1.16. The van der Waals surface area contributed by atoms with Gasteiger partial charge in [-0.1, -0.05) is 41.9 Å². The third-order valence-electron chi connectivity index (χ3n) is 2.68. The second-order valence-electron chi connectivity index (χ2n) is 4.80. The summed E-state index contributed by atoms with van der Waals surface area (Å²) in [5.41, 5.74) is 0.555. The van der Waals surface area contributed by atoms with Crippen molar-refractivity contribution in [3.05, 3.63) is 34.3 Å². The molecule has 0 radical (unpaired) electrons. The number of aliphatic carboxylic acids is 1. The summed E-state index contributed by atoms with van der Waals surface area (Å²) >= 11 is 3.30. The van der Waals surface area contributed by atoms with Gasteiger partial charge in [0.2, 0.25) is 0 Å². The lowest BCUT2D eigenvalue weighted by Gasteiger charge is -2.13. The summed E-state index contributed by atoms with van der Waals surface area (Å²) in [6, 6.07) is 7.03. The molecule has 4 heteroatoms. The summed E-state index contributed by atoms with van der Waals surface area (Å²) in [6.45, 7) is 3.92. The van der Waals surface area contributed by atoms with Crippen LogP contribution in [0.1, 0.15) is 37.0 Å². The Kier molecular flexibility index (Phi) is 5.54. The van der Waals surface area contributed by atoms with Crippen LogP contribution < -0.4 is 0 Å². The maximum absolute atomic E-state index is 12.0. The maximum atomic E-state index is 12.0. The van der Waals surface area contributed by atoms with Crippen LogP contribution in [0.15, 0.2) is 28.7 Å². The predicted molar refractivity (Wildman–Crippen MR) is 73.7 cm³/mol. The molecule has 1 rings (SSSR count). The fraction of sp³-hybridized carbons (Fsp3) is 0.429. The van der Waals surface area contributed by atoms with Crippen molar-refractivity contribution in [2.75, 3.05) is 0 Å². The lowest BCUT2D eigenvalue weighted by atomic mass is 9.91. The number of carbonyl (C=O) groups is 2. The summed E-state index contributed by atoms with van der Waals surface area (Å²) in [5, 5.41) is 9.11. The van der Waals surface area contributed by atoms with Gasteiger partial charge in [-0.2, -0.15) is 0 Å². The number of carbonyl (C=O) groups excluding carboxylic acids is 1. The van der Waals surface area contributed by atoms with E-state index in [0.29, 0.717) is 12.0 Å². The summed E-state index contributed by atoms with van der Waals surface area (Å²) in [4.78, 5) is 23.1. The molecule has 98 valence electrons. The first-order valence-electron chi connectivity index (χ1n) is 5.91. The molecule has 0 aliphatic rings. The van der Waals surface area contributed by atoms with Crippen LogP contribution in [0.2, 0.25) is 0 Å². The zero-order chi connectivity index (χ0) is 13.7. The molecule has 0 amide bonds. The molecule has 1 N–H and O–H groups in total. The number of rotatable bonds is 6. The Balaban J connectivity index is 2.75. The maximum Gasteiger partial charge on any atom is 0.306 e. The van der Waals surface area contributed by atoms with Crippen LogP contribution in [0.3, 0.4) is 0 Å². The van der Waals surface area contributed by atoms with Crippen LogP contribution in [0.25, 0.3) is 0 Å². The van der Waals surface area contributed by atoms with E-state index in [4.69, 9.17) is 5.11 Å². The van der Waals surface area contributed by atoms with E-state index in [0.717, 1.165) is 4.47 Å². The van der Waals surface area contributed by atoms with Crippen LogP contribution in [-0.2, 0) is 4.79 Å². The number of ketones is 1. The van der Waals surface area contributed by atoms with E-state index in [-0.39, 0.29) is 18.1 Å². The van der Waals surface area contributed by atoms with Crippen LogP contribution >= 0.6 is 15.9 Å². The van der Waals surface area contributed by atoms with Gasteiger partial charge in [0.05, 0.1) is 5.92 Å². The first-order valence-corrected chi connectivity index (χ1v) is 6.71. The van der Waals surface area contributed by atoms with E-state index in [9.17, 15) is 9.59 Å². The Morgan fingerprint density at radius 3 is 2.50 bits per heavy atom. The van der Waals surface area contributed by atoms with Gasteiger partial charge >= 0.3 is 5.97 Å². The Morgan fingerprint density at radius 1 is 1.33 bits per heavy atom. The predicted octanol–water partition coefficient (Wildman–Crippen LogP) is 3.77. The zero-order valence-corrected chi connectivity index (χ0v) is 12.1. The highest BCUT2D eigenvalue weighted by molar-refractivity contribution is 9.10. The van der Waals surface area contributed by atoms with Crippen LogP contribution in [0.5, 0.6) is 0 Å². The number of hydrogen-bond acceptors (Lipinski definition) is 2. The van der Waals surface area contributed by atoms with Gasteiger partial charge in [-0.15, -0.1) is 0 Å². The van der Waals surface area contributed by atoms with Gasteiger partial charge in [0.15, 0.2) is 5.78 Å². The largest absolute Gasteiger partial charge is 0.481 e. The highest BCUT2D eigenvalue weighted by Gasteiger charge is 2.22. The van der Waals surface area contributed by atoms with Crippen molar-refractivity contribution in [1.82, 2.24) is 0 Å². The minimum absolute atomic E-state index is 0.0595. The molecule has 1 atom stereocenters. The molecule has 1 aromatic rings. The molecule has 0 aromatic heterocycles. The van der Waals surface area contributed by atoms with Gasteiger partial charge in [0.1, 0.15) is 0 Å². The van der Waals surface area contributed by atoms with Crippen LogP contribution in [0, 0.1) is 11.8 Å². The first-order chi connectivity index (χ1) is 8.40. The second-order valence-corrected chi connectivity index (χ2v) is 5.72. The lowest BCUT2D eigenvalue weighted by Crippen LogP contribution is -2.20. The molecule has 0 saturated carbocycles. The topological polar surface area (TPSA) is 54.4 Å². The van der Waals surface area contributed by atoms with E-state index in [2.05, 4.69) is 15.9 Å². The lowest BCUT2D eigenvalue weighted by molar-refractivity contribution is -0.142. The Morgan fingerprint density at radius 2 is 2.00 bits per heavy atom. The van der Waals surface area contributed by atoms with Gasteiger partial charge in [-0.05, 0) is 24.5 Å². The average Bonchev–Trinajstić information content (AvgIpc) is 2.27. The number of benzene rings is 1. The summed E-state index contributed by atoms with van der Waals surface area (Å²) in [7, 11) is 0. The fourth-order valence-corrected chi connectivity index (χ4v) is 2.24. The van der Waals surface area contributed by atoms with Crippen molar-refractivity contribution in [1.29, 1.82) is 0 Å². The van der Waals surface area contributed by atoms with Gasteiger partial charge in [0.25, 0.3) is 0 Å². The Bertz CT molecular complexity index is 440. The fourth-order valence-electron chi connectivity index (χ4n) is 1.84. The molecule has 0 aliphatic heterocycles. The molecule has 0 saturated heterocycles. The summed E-state index contributed by atoms with van der Waals surface area (Å²) < 4.78 is 0.823. The van der Waals surface area contributed by atoms with Crippen LogP contribution in [-0.4, -0.2) is 16.9 Å². The highest BCUT2D eigenvalue weighted by atomic mass is 79.9. The molecule has 1 aromatic carbocycles. The van der Waals surface area contributed by atoms with Crippen molar-refractivity contribution in [2.24, 2.45) is 11.8 Å². The molecular weight excluding hydrogens is 296 g/mol.